The number of hydrogen-bond donors (Lipinski definition) is 0. The average molecular weight is 273 g/mol. The highest BCUT2D eigenvalue weighted by molar-refractivity contribution is 8.00. The van der Waals surface area contributed by atoms with Crippen LogP contribution in [0.2, 0.25) is 0 Å². The Kier molecular flexibility index (Phi) is 2.58. The van der Waals surface area contributed by atoms with Gasteiger partial charge >= 0.3 is 0 Å². The molecule has 0 aliphatic rings. The molecule has 18 heavy (non-hydrogen) atoms. The molecule has 6 heteroatoms. The predicted octanol–water partition coefficient (Wildman–Crippen LogP) is 2.50. The quantitative estimate of drug-likeness (QED) is 0.639. The van der Waals surface area contributed by atoms with Crippen LogP contribution in [0.3, 0.4) is 0 Å². The molecule has 4 nitrogen and oxygen atoms in total. The Morgan fingerprint density at radius 2 is 2.33 bits per heavy atom. The minimum Gasteiger partial charge on any atom is -0.267 e. The summed E-state index contributed by atoms with van der Waals surface area (Å²) in [7, 11) is 0. The maximum absolute atomic E-state index is 12.3. The van der Waals surface area contributed by atoms with Gasteiger partial charge in [-0.05, 0) is 18.4 Å². The van der Waals surface area contributed by atoms with Crippen LogP contribution in [0.1, 0.15) is 5.56 Å². The highest BCUT2D eigenvalue weighted by Gasteiger charge is 2.16. The van der Waals surface area contributed by atoms with Crippen molar-refractivity contribution >= 4 is 39.0 Å². The summed E-state index contributed by atoms with van der Waals surface area (Å²) in [6, 6.07) is 7.51. The lowest BCUT2D eigenvalue weighted by Gasteiger charge is -1.98. The molecule has 0 radical (unpaired) electrons. The van der Waals surface area contributed by atoms with Gasteiger partial charge in [0.25, 0.3) is 5.56 Å². The summed E-state index contributed by atoms with van der Waals surface area (Å²) in [5.74, 6) is 0. The number of nitriles is 1. The lowest BCUT2D eigenvalue weighted by molar-refractivity contribution is 1.08. The van der Waals surface area contributed by atoms with Gasteiger partial charge in [0.05, 0.1) is 4.21 Å². The molecule has 0 saturated heterocycles. The second-order valence-corrected chi connectivity index (χ2v) is 5.70. The van der Waals surface area contributed by atoms with Crippen molar-refractivity contribution in [2.75, 3.05) is 6.26 Å². The van der Waals surface area contributed by atoms with Crippen molar-refractivity contribution in [1.29, 1.82) is 5.26 Å². The van der Waals surface area contributed by atoms with Gasteiger partial charge in [0, 0.05) is 6.20 Å². The molecule has 3 heterocycles. The minimum atomic E-state index is -0.114. The van der Waals surface area contributed by atoms with E-state index >= 15 is 0 Å². The fourth-order valence-corrected chi connectivity index (χ4v) is 3.61. The Bertz CT molecular complexity index is 857. The molecular weight excluding hydrogens is 266 g/mol. The van der Waals surface area contributed by atoms with Crippen LogP contribution in [0.5, 0.6) is 0 Å². The molecule has 3 rings (SSSR count). The predicted molar refractivity (Wildman–Crippen MR) is 73.3 cm³/mol. The van der Waals surface area contributed by atoms with Crippen LogP contribution in [0, 0.1) is 11.3 Å². The van der Waals surface area contributed by atoms with Gasteiger partial charge in [-0.25, -0.2) is 4.98 Å². The number of pyridine rings is 1. The summed E-state index contributed by atoms with van der Waals surface area (Å²) in [4.78, 5) is 16.7. The van der Waals surface area contributed by atoms with Gasteiger partial charge in [0.2, 0.25) is 0 Å². The SMILES string of the molecule is CSc1sc2c(=O)n3ccccc3nc2c1C#N. The second-order valence-electron chi connectivity index (χ2n) is 3.60. The van der Waals surface area contributed by atoms with Crippen LogP contribution in [-0.2, 0) is 0 Å². The number of fused-ring (bicyclic) bond motifs is 2. The number of nitrogens with zero attached hydrogens (tertiary/aromatic N) is 3. The summed E-state index contributed by atoms with van der Waals surface area (Å²) in [6.45, 7) is 0. The topological polar surface area (TPSA) is 58.2 Å². The van der Waals surface area contributed by atoms with Crippen LogP contribution >= 0.6 is 23.1 Å². The molecule has 0 atom stereocenters. The molecule has 0 N–H and O–H groups in total. The van der Waals surface area contributed by atoms with Crippen molar-refractivity contribution in [3.8, 4) is 6.07 Å². The third-order valence-electron chi connectivity index (χ3n) is 2.63. The zero-order chi connectivity index (χ0) is 12.7. The third-order valence-corrected chi connectivity index (χ3v) is 4.91. The lowest BCUT2D eigenvalue weighted by Crippen LogP contribution is -2.13. The van der Waals surface area contributed by atoms with E-state index in [4.69, 9.17) is 0 Å². The van der Waals surface area contributed by atoms with Gasteiger partial charge in [0.15, 0.2) is 0 Å². The van der Waals surface area contributed by atoms with Crippen LogP contribution in [0.4, 0.5) is 0 Å². The Labute approximate surface area is 111 Å². The zero-order valence-corrected chi connectivity index (χ0v) is 11.0. The second kappa shape index (κ2) is 4.12. The summed E-state index contributed by atoms with van der Waals surface area (Å²) in [6.07, 6.45) is 3.58. The molecule has 0 fully saturated rings. The highest BCUT2D eigenvalue weighted by atomic mass is 32.2. The van der Waals surface area contributed by atoms with E-state index in [1.54, 1.807) is 18.3 Å². The number of hydrogen-bond acceptors (Lipinski definition) is 5. The molecule has 0 bridgehead atoms. The van der Waals surface area contributed by atoms with Crippen LogP contribution < -0.4 is 5.56 Å². The van der Waals surface area contributed by atoms with E-state index in [0.717, 1.165) is 4.21 Å². The van der Waals surface area contributed by atoms with E-state index in [-0.39, 0.29) is 5.56 Å². The number of rotatable bonds is 1. The van der Waals surface area contributed by atoms with Crippen molar-refractivity contribution in [2.45, 2.75) is 4.21 Å². The first-order valence-electron chi connectivity index (χ1n) is 5.14. The first kappa shape index (κ1) is 11.3. The normalized spacial score (nSPS) is 10.9. The van der Waals surface area contributed by atoms with Gasteiger partial charge in [-0.1, -0.05) is 6.07 Å². The van der Waals surface area contributed by atoms with Crippen molar-refractivity contribution in [2.24, 2.45) is 0 Å². The maximum atomic E-state index is 12.3. The Morgan fingerprint density at radius 3 is 3.06 bits per heavy atom. The van der Waals surface area contributed by atoms with Gasteiger partial charge in [0.1, 0.15) is 27.5 Å². The molecule has 0 saturated carbocycles. The molecule has 3 aromatic heterocycles. The van der Waals surface area contributed by atoms with Crippen molar-refractivity contribution in [3.05, 3.63) is 40.3 Å². The monoisotopic (exact) mass is 273 g/mol. The summed E-state index contributed by atoms with van der Waals surface area (Å²) < 4.78 is 2.89. The van der Waals surface area contributed by atoms with E-state index in [9.17, 15) is 10.1 Å². The average Bonchev–Trinajstić information content (AvgIpc) is 2.77. The molecule has 0 aliphatic heterocycles. The van der Waals surface area contributed by atoms with Crippen LogP contribution in [0.25, 0.3) is 15.9 Å². The molecular formula is C12H7N3OS2. The largest absolute Gasteiger partial charge is 0.275 e. The fraction of sp³-hybridized carbons (Fsp3) is 0.0833. The van der Waals surface area contributed by atoms with Gasteiger partial charge < -0.3 is 0 Å². The molecule has 0 aromatic carbocycles. The van der Waals surface area contributed by atoms with Gasteiger partial charge in [-0.3, -0.25) is 9.20 Å². The smallest absolute Gasteiger partial charge is 0.267 e. The molecule has 0 aliphatic carbocycles. The number of aromatic nitrogens is 2. The van der Waals surface area contributed by atoms with Crippen LogP contribution in [0.15, 0.2) is 33.4 Å². The zero-order valence-electron chi connectivity index (χ0n) is 9.38. The standard InChI is InChI=1S/C12H7N3OS2/c1-17-12-7(6-13)9-10(18-12)11(16)15-5-3-2-4-8(15)14-9/h2-5H,1H3. The van der Waals surface area contributed by atoms with Crippen LogP contribution in [-0.4, -0.2) is 15.6 Å². The van der Waals surface area contributed by atoms with Crippen molar-refractivity contribution in [3.63, 3.8) is 0 Å². The Morgan fingerprint density at radius 1 is 1.50 bits per heavy atom. The summed E-state index contributed by atoms with van der Waals surface area (Å²) in [5, 5.41) is 9.19. The van der Waals surface area contributed by atoms with Gasteiger partial charge in [-0.15, -0.1) is 23.1 Å². The van der Waals surface area contributed by atoms with Crippen molar-refractivity contribution < 1.29 is 0 Å². The first-order valence-corrected chi connectivity index (χ1v) is 7.18. The Balaban J connectivity index is 2.59. The molecule has 0 unspecified atom stereocenters. The highest BCUT2D eigenvalue weighted by Crippen LogP contribution is 2.33. The van der Waals surface area contributed by atoms with Crippen molar-refractivity contribution in [1.82, 2.24) is 9.38 Å². The maximum Gasteiger partial charge on any atom is 0.275 e. The number of thiophene rings is 1. The summed E-state index contributed by atoms with van der Waals surface area (Å²) in [5.41, 5.74) is 1.48. The summed E-state index contributed by atoms with van der Waals surface area (Å²) >= 11 is 2.80. The Hall–Kier alpha value is -1.84. The molecule has 0 amide bonds. The van der Waals surface area contributed by atoms with E-state index in [2.05, 4.69) is 11.1 Å². The van der Waals surface area contributed by atoms with E-state index < -0.39 is 0 Å². The minimum absolute atomic E-state index is 0.114. The fourth-order valence-electron chi connectivity index (χ4n) is 1.82. The molecule has 3 aromatic rings. The van der Waals surface area contributed by atoms with E-state index in [0.29, 0.717) is 21.4 Å². The van der Waals surface area contributed by atoms with E-state index in [1.165, 1.54) is 27.5 Å². The van der Waals surface area contributed by atoms with Gasteiger partial charge in [-0.2, -0.15) is 5.26 Å². The molecule has 88 valence electrons. The lowest BCUT2D eigenvalue weighted by atomic mass is 10.3. The third kappa shape index (κ3) is 1.45. The van der Waals surface area contributed by atoms with E-state index in [1.807, 2.05) is 12.3 Å². The molecule has 0 spiro atoms. The number of thioether (sulfide) groups is 1. The first-order chi connectivity index (χ1) is 8.76.